The number of para-hydroxylation sites is 1. The van der Waals surface area contributed by atoms with Crippen LogP contribution in [0.2, 0.25) is 0 Å². The first-order valence-corrected chi connectivity index (χ1v) is 9.30. The van der Waals surface area contributed by atoms with Gasteiger partial charge in [-0.2, -0.15) is 0 Å². The summed E-state index contributed by atoms with van der Waals surface area (Å²) in [4.78, 5) is 50.6. The minimum Gasteiger partial charge on any atom is -0.465 e. The van der Waals surface area contributed by atoms with Gasteiger partial charge in [0.2, 0.25) is 0 Å². The van der Waals surface area contributed by atoms with Gasteiger partial charge in [-0.05, 0) is 24.3 Å². The van der Waals surface area contributed by atoms with Crippen molar-refractivity contribution in [3.63, 3.8) is 0 Å². The highest BCUT2D eigenvalue weighted by molar-refractivity contribution is 6.07. The maximum atomic E-state index is 12.7. The highest BCUT2D eigenvalue weighted by atomic mass is 16.6. The Morgan fingerprint density at radius 2 is 1.62 bits per heavy atom. The van der Waals surface area contributed by atoms with Crippen LogP contribution in [0.4, 0.5) is 10.5 Å². The predicted molar refractivity (Wildman–Crippen MR) is 112 cm³/mol. The number of esters is 2. The second-order valence-electron chi connectivity index (χ2n) is 6.04. The van der Waals surface area contributed by atoms with E-state index in [1.807, 2.05) is 0 Å². The van der Waals surface area contributed by atoms with E-state index >= 15 is 0 Å². The third kappa shape index (κ3) is 5.95. The van der Waals surface area contributed by atoms with Crippen LogP contribution in [-0.4, -0.2) is 58.5 Å². The Hall–Kier alpha value is -4.12. The standard InChI is InChI=1S/C21H23N3O8/c1-29-12-13-32-21(28)23-22-18(25)14-8-4-5-10-16(14)24-11-7-6-9-15(19(26)30-2)17(24)20(27)31-3/h4-11H,12-13H2,1-3H3,(H,22,25)(H,23,28). The molecule has 1 aliphatic rings. The van der Waals surface area contributed by atoms with Gasteiger partial charge < -0.3 is 23.8 Å². The highest BCUT2D eigenvalue weighted by Gasteiger charge is 2.29. The molecule has 0 saturated carbocycles. The number of nitrogens with zero attached hydrogens (tertiary/aromatic N) is 1. The Morgan fingerprint density at radius 1 is 0.906 bits per heavy atom. The van der Waals surface area contributed by atoms with Crippen LogP contribution in [-0.2, 0) is 28.5 Å². The zero-order valence-electron chi connectivity index (χ0n) is 17.7. The van der Waals surface area contributed by atoms with Crippen molar-refractivity contribution in [2.75, 3.05) is 39.4 Å². The Kier molecular flexibility index (Phi) is 8.99. The van der Waals surface area contributed by atoms with Crippen LogP contribution < -0.4 is 15.8 Å². The van der Waals surface area contributed by atoms with Crippen LogP contribution in [0.1, 0.15) is 10.4 Å². The summed E-state index contributed by atoms with van der Waals surface area (Å²) >= 11 is 0. The lowest BCUT2D eigenvalue weighted by Crippen LogP contribution is -2.42. The number of ether oxygens (including phenoxy) is 4. The smallest absolute Gasteiger partial charge is 0.426 e. The van der Waals surface area contributed by atoms with Gasteiger partial charge in [-0.3, -0.25) is 10.2 Å². The number of rotatable bonds is 7. The minimum atomic E-state index is -0.880. The fraction of sp³-hybridized carbons (Fsp3) is 0.238. The zero-order valence-corrected chi connectivity index (χ0v) is 17.7. The Balaban J connectivity index is 2.38. The predicted octanol–water partition coefficient (Wildman–Crippen LogP) is 1.19. The third-order valence-electron chi connectivity index (χ3n) is 4.10. The molecule has 0 aromatic heterocycles. The van der Waals surface area contributed by atoms with Gasteiger partial charge in [-0.15, -0.1) is 0 Å². The molecule has 2 amide bonds. The van der Waals surface area contributed by atoms with Gasteiger partial charge in [-0.25, -0.2) is 19.8 Å². The number of anilines is 1. The van der Waals surface area contributed by atoms with Gasteiger partial charge in [0.15, 0.2) is 0 Å². The molecule has 0 fully saturated rings. The molecule has 1 aliphatic heterocycles. The number of hydrogen-bond donors (Lipinski definition) is 2. The first kappa shape index (κ1) is 24.2. The average Bonchev–Trinajstić information content (AvgIpc) is 3.04. The minimum absolute atomic E-state index is 0.00392. The Labute approximate surface area is 184 Å². The second kappa shape index (κ2) is 11.9. The van der Waals surface area contributed by atoms with E-state index < -0.39 is 23.9 Å². The SMILES string of the molecule is COCCOC(=O)NNC(=O)c1ccccc1N1C=CC=CC(C(=O)OC)=C1C(=O)OC. The van der Waals surface area contributed by atoms with Crippen molar-refractivity contribution >= 4 is 29.6 Å². The molecule has 0 saturated heterocycles. The molecule has 0 spiro atoms. The fourth-order valence-electron chi connectivity index (χ4n) is 2.66. The van der Waals surface area contributed by atoms with Gasteiger partial charge >= 0.3 is 18.0 Å². The molecule has 170 valence electrons. The Morgan fingerprint density at radius 3 is 2.31 bits per heavy atom. The highest BCUT2D eigenvalue weighted by Crippen LogP contribution is 2.29. The second-order valence-corrected chi connectivity index (χ2v) is 6.04. The third-order valence-corrected chi connectivity index (χ3v) is 4.10. The van der Waals surface area contributed by atoms with Crippen molar-refractivity contribution in [2.24, 2.45) is 0 Å². The van der Waals surface area contributed by atoms with E-state index in [9.17, 15) is 19.2 Å². The van der Waals surface area contributed by atoms with Crippen LogP contribution in [0.15, 0.2) is 60.0 Å². The molecule has 32 heavy (non-hydrogen) atoms. The summed E-state index contributed by atoms with van der Waals surface area (Å²) in [5, 5.41) is 0. The lowest BCUT2D eigenvalue weighted by Gasteiger charge is -2.25. The van der Waals surface area contributed by atoms with Gasteiger partial charge in [0.05, 0.1) is 37.7 Å². The monoisotopic (exact) mass is 445 g/mol. The molecule has 0 radical (unpaired) electrons. The molecular formula is C21H23N3O8. The summed E-state index contributed by atoms with van der Waals surface area (Å²) in [6, 6.07) is 6.26. The zero-order chi connectivity index (χ0) is 23.5. The van der Waals surface area contributed by atoms with Crippen LogP contribution in [0.25, 0.3) is 0 Å². The molecular weight excluding hydrogens is 422 g/mol. The first-order valence-electron chi connectivity index (χ1n) is 9.30. The van der Waals surface area contributed by atoms with Crippen molar-refractivity contribution in [3.05, 3.63) is 65.5 Å². The van der Waals surface area contributed by atoms with Gasteiger partial charge in [-0.1, -0.05) is 18.2 Å². The first-order chi connectivity index (χ1) is 15.4. The van der Waals surface area contributed by atoms with Gasteiger partial charge in [0, 0.05) is 13.3 Å². The van der Waals surface area contributed by atoms with Crippen LogP contribution in [0.3, 0.4) is 0 Å². The largest absolute Gasteiger partial charge is 0.465 e. The van der Waals surface area contributed by atoms with Crippen LogP contribution in [0, 0.1) is 0 Å². The molecule has 1 aromatic carbocycles. The van der Waals surface area contributed by atoms with Crippen LogP contribution in [0.5, 0.6) is 0 Å². The van der Waals surface area contributed by atoms with E-state index in [0.29, 0.717) is 0 Å². The normalized spacial score (nSPS) is 12.7. The lowest BCUT2D eigenvalue weighted by atomic mass is 10.1. The molecule has 1 heterocycles. The van der Waals surface area contributed by atoms with E-state index in [4.69, 9.17) is 18.9 Å². The number of carbonyl (C=O) groups is 4. The number of amides is 2. The van der Waals surface area contributed by atoms with E-state index in [-0.39, 0.29) is 35.7 Å². The van der Waals surface area contributed by atoms with Crippen molar-refractivity contribution in [1.29, 1.82) is 0 Å². The summed E-state index contributed by atoms with van der Waals surface area (Å²) in [5.74, 6) is -2.28. The number of hydrogen-bond acceptors (Lipinski definition) is 9. The molecule has 0 bridgehead atoms. The molecule has 1 aromatic rings. The molecule has 11 heteroatoms. The maximum Gasteiger partial charge on any atom is 0.426 e. The average molecular weight is 445 g/mol. The van der Waals surface area contributed by atoms with Crippen molar-refractivity contribution in [1.82, 2.24) is 10.9 Å². The molecule has 2 N–H and O–H groups in total. The summed E-state index contributed by atoms with van der Waals surface area (Å²) in [6.07, 6.45) is 5.11. The van der Waals surface area contributed by atoms with Gasteiger partial charge in [0.1, 0.15) is 12.3 Å². The van der Waals surface area contributed by atoms with Crippen LogP contribution >= 0.6 is 0 Å². The van der Waals surface area contributed by atoms with E-state index in [1.54, 1.807) is 24.3 Å². The summed E-state index contributed by atoms with van der Waals surface area (Å²) in [7, 11) is 3.80. The number of allylic oxidation sites excluding steroid dienone is 2. The fourth-order valence-corrected chi connectivity index (χ4v) is 2.66. The lowest BCUT2D eigenvalue weighted by molar-refractivity contribution is -0.139. The number of hydrazine groups is 1. The summed E-state index contributed by atoms with van der Waals surface area (Å²) in [5.41, 5.74) is 4.45. The molecule has 0 atom stereocenters. The quantitative estimate of drug-likeness (QED) is 0.275. The molecule has 0 aliphatic carbocycles. The molecule has 0 unspecified atom stereocenters. The summed E-state index contributed by atoms with van der Waals surface area (Å²) in [6.45, 7) is 0.203. The van der Waals surface area contributed by atoms with Gasteiger partial charge in [0.25, 0.3) is 5.91 Å². The summed E-state index contributed by atoms with van der Waals surface area (Å²) < 4.78 is 19.2. The topological polar surface area (TPSA) is 132 Å². The Bertz CT molecular complexity index is 968. The maximum absolute atomic E-state index is 12.7. The van der Waals surface area contributed by atoms with Crippen molar-refractivity contribution in [3.8, 4) is 0 Å². The number of carbonyl (C=O) groups excluding carboxylic acids is 4. The van der Waals surface area contributed by atoms with Crippen molar-refractivity contribution in [2.45, 2.75) is 0 Å². The molecule has 2 rings (SSSR count). The van der Waals surface area contributed by atoms with E-state index in [1.165, 1.54) is 50.6 Å². The van der Waals surface area contributed by atoms with E-state index in [2.05, 4.69) is 10.9 Å². The number of nitrogens with one attached hydrogen (secondary N) is 2. The van der Waals surface area contributed by atoms with E-state index in [0.717, 1.165) is 0 Å². The number of benzene rings is 1. The number of methoxy groups -OCH3 is 3. The van der Waals surface area contributed by atoms with Crippen molar-refractivity contribution < 1.29 is 38.1 Å². The molecule has 11 nitrogen and oxygen atoms in total.